The van der Waals surface area contributed by atoms with E-state index >= 15 is 0 Å². The van der Waals surface area contributed by atoms with Gasteiger partial charge in [-0.1, -0.05) is 6.07 Å². The van der Waals surface area contributed by atoms with E-state index in [4.69, 9.17) is 4.74 Å². The van der Waals surface area contributed by atoms with Gasteiger partial charge in [-0.2, -0.15) is 0 Å². The highest BCUT2D eigenvalue weighted by Crippen LogP contribution is 2.44. The summed E-state index contributed by atoms with van der Waals surface area (Å²) >= 11 is 0. The summed E-state index contributed by atoms with van der Waals surface area (Å²) in [5.74, 6) is 0.0851. The largest absolute Gasteiger partial charge is 0.371 e. The predicted octanol–water partition coefficient (Wildman–Crippen LogP) is 2.04. The average Bonchev–Trinajstić information content (AvgIpc) is 2.46. The molecule has 2 heterocycles. The van der Waals surface area contributed by atoms with Gasteiger partial charge >= 0.3 is 0 Å². The number of aromatic nitrogens is 1. The lowest BCUT2D eigenvalue weighted by molar-refractivity contribution is -0.161. The van der Waals surface area contributed by atoms with Gasteiger partial charge in [0.15, 0.2) is 0 Å². The summed E-state index contributed by atoms with van der Waals surface area (Å²) in [7, 11) is -3.28. The monoisotopic (exact) mass is 324 g/mol. The van der Waals surface area contributed by atoms with E-state index in [1.807, 2.05) is 12.1 Å². The molecule has 1 saturated heterocycles. The standard InChI is InChI=1S/C16H24N2O3S/c19-22(20,18-11-6-14-4-2-10-17-12-14)13-15-5-1-7-16(21-15)8-3-9-16/h2,4,10,12,15,18H,1,3,5-9,11,13H2. The molecule has 122 valence electrons. The van der Waals surface area contributed by atoms with Gasteiger partial charge in [0.25, 0.3) is 0 Å². The third-order valence-corrected chi connectivity index (χ3v) is 6.16. The summed E-state index contributed by atoms with van der Waals surface area (Å²) in [6.45, 7) is 0.409. The molecule has 1 aromatic rings. The molecule has 1 aliphatic carbocycles. The van der Waals surface area contributed by atoms with Crippen LogP contribution < -0.4 is 4.72 Å². The van der Waals surface area contributed by atoms with Crippen molar-refractivity contribution in [2.75, 3.05) is 12.3 Å². The second-order valence-electron chi connectivity index (χ2n) is 6.46. The molecule has 0 aromatic carbocycles. The number of pyridine rings is 1. The Balaban J connectivity index is 1.46. The number of ether oxygens (including phenoxy) is 1. The van der Waals surface area contributed by atoms with E-state index in [1.165, 1.54) is 6.42 Å². The number of rotatable bonds is 6. The zero-order valence-electron chi connectivity index (χ0n) is 12.8. The van der Waals surface area contributed by atoms with Crippen LogP contribution in [0.3, 0.4) is 0 Å². The van der Waals surface area contributed by atoms with Crippen LogP contribution >= 0.6 is 0 Å². The summed E-state index contributed by atoms with van der Waals surface area (Å²) in [6, 6.07) is 3.81. The van der Waals surface area contributed by atoms with Gasteiger partial charge < -0.3 is 4.74 Å². The van der Waals surface area contributed by atoms with Crippen molar-refractivity contribution in [2.45, 2.75) is 56.7 Å². The van der Waals surface area contributed by atoms with Gasteiger partial charge in [0.05, 0.1) is 17.5 Å². The van der Waals surface area contributed by atoms with Crippen LogP contribution in [0.5, 0.6) is 0 Å². The first kappa shape index (κ1) is 15.9. The predicted molar refractivity (Wildman–Crippen MR) is 85.0 cm³/mol. The molecule has 0 amide bonds. The first-order chi connectivity index (χ1) is 10.6. The molecule has 0 radical (unpaired) electrons. The van der Waals surface area contributed by atoms with Crippen molar-refractivity contribution in [1.29, 1.82) is 0 Å². The Kier molecular flexibility index (Phi) is 4.80. The van der Waals surface area contributed by atoms with Crippen molar-refractivity contribution in [3.63, 3.8) is 0 Å². The topological polar surface area (TPSA) is 68.3 Å². The van der Waals surface area contributed by atoms with Gasteiger partial charge in [-0.3, -0.25) is 4.98 Å². The maximum absolute atomic E-state index is 12.2. The highest BCUT2D eigenvalue weighted by atomic mass is 32.2. The molecule has 5 nitrogen and oxygen atoms in total. The van der Waals surface area contributed by atoms with E-state index < -0.39 is 10.0 Å². The van der Waals surface area contributed by atoms with E-state index in [1.54, 1.807) is 12.4 Å². The fourth-order valence-electron chi connectivity index (χ4n) is 3.38. The van der Waals surface area contributed by atoms with Crippen LogP contribution in [0.15, 0.2) is 24.5 Å². The summed E-state index contributed by atoms with van der Waals surface area (Å²) in [6.07, 6.45) is 10.4. The maximum Gasteiger partial charge on any atom is 0.214 e. The molecular weight excluding hydrogens is 300 g/mol. The molecule has 2 fully saturated rings. The van der Waals surface area contributed by atoms with Gasteiger partial charge in [0, 0.05) is 18.9 Å². The molecule has 1 aromatic heterocycles. The highest BCUT2D eigenvalue weighted by molar-refractivity contribution is 7.89. The zero-order chi connectivity index (χ0) is 15.5. The van der Waals surface area contributed by atoms with Crippen LogP contribution in [0.1, 0.15) is 44.1 Å². The summed E-state index contributed by atoms with van der Waals surface area (Å²) in [5.41, 5.74) is 1.04. The molecule has 0 bridgehead atoms. The molecule has 1 atom stereocenters. The van der Waals surface area contributed by atoms with Crippen molar-refractivity contribution < 1.29 is 13.2 Å². The Labute approximate surface area is 132 Å². The minimum absolute atomic E-state index is 0.00808. The van der Waals surface area contributed by atoms with Crippen molar-refractivity contribution in [1.82, 2.24) is 9.71 Å². The van der Waals surface area contributed by atoms with Crippen LogP contribution in [0, 0.1) is 0 Å². The number of hydrogen-bond acceptors (Lipinski definition) is 4. The molecule has 1 aliphatic heterocycles. The Morgan fingerprint density at radius 3 is 2.82 bits per heavy atom. The van der Waals surface area contributed by atoms with Crippen molar-refractivity contribution in [3.8, 4) is 0 Å². The van der Waals surface area contributed by atoms with E-state index in [9.17, 15) is 8.42 Å². The highest BCUT2D eigenvalue weighted by Gasteiger charge is 2.43. The first-order valence-corrected chi connectivity index (χ1v) is 9.76. The van der Waals surface area contributed by atoms with E-state index in [-0.39, 0.29) is 17.5 Å². The van der Waals surface area contributed by atoms with Crippen LogP contribution in [0.25, 0.3) is 0 Å². The second-order valence-corrected chi connectivity index (χ2v) is 8.31. The fourth-order valence-corrected chi connectivity index (χ4v) is 4.64. The lowest BCUT2D eigenvalue weighted by Gasteiger charge is -2.47. The van der Waals surface area contributed by atoms with Gasteiger partial charge in [-0.25, -0.2) is 13.1 Å². The number of nitrogens with one attached hydrogen (secondary N) is 1. The number of hydrogen-bond donors (Lipinski definition) is 1. The van der Waals surface area contributed by atoms with E-state index in [0.29, 0.717) is 13.0 Å². The first-order valence-electron chi connectivity index (χ1n) is 8.11. The van der Waals surface area contributed by atoms with Gasteiger partial charge in [0.1, 0.15) is 0 Å². The van der Waals surface area contributed by atoms with Crippen molar-refractivity contribution in [3.05, 3.63) is 30.1 Å². The zero-order valence-corrected chi connectivity index (χ0v) is 13.6. The van der Waals surface area contributed by atoms with Gasteiger partial charge in [0.2, 0.25) is 10.0 Å². The van der Waals surface area contributed by atoms with Crippen molar-refractivity contribution >= 4 is 10.0 Å². The Bertz CT molecular complexity index is 585. The molecule has 2 aliphatic rings. The molecule has 3 rings (SSSR count). The molecule has 1 unspecified atom stereocenters. The minimum Gasteiger partial charge on any atom is -0.371 e. The van der Waals surface area contributed by atoms with Gasteiger partial charge in [-0.15, -0.1) is 0 Å². The van der Waals surface area contributed by atoms with E-state index in [2.05, 4.69) is 9.71 Å². The number of sulfonamides is 1. The van der Waals surface area contributed by atoms with Crippen LogP contribution in [-0.4, -0.2) is 37.4 Å². The SMILES string of the molecule is O=S(=O)(CC1CCCC2(CCC2)O1)NCCc1cccnc1. The maximum atomic E-state index is 12.2. The minimum atomic E-state index is -3.28. The summed E-state index contributed by atoms with van der Waals surface area (Å²) in [4.78, 5) is 4.03. The van der Waals surface area contributed by atoms with Crippen molar-refractivity contribution in [2.24, 2.45) is 0 Å². The Hall–Kier alpha value is -0.980. The lowest BCUT2D eigenvalue weighted by Crippen LogP contribution is -2.48. The quantitative estimate of drug-likeness (QED) is 0.869. The molecule has 1 N–H and O–H groups in total. The molecule has 6 heteroatoms. The van der Waals surface area contributed by atoms with Crippen LogP contribution in [0.4, 0.5) is 0 Å². The third-order valence-electron chi connectivity index (χ3n) is 4.70. The molecular formula is C16H24N2O3S. The fraction of sp³-hybridized carbons (Fsp3) is 0.688. The van der Waals surface area contributed by atoms with Crippen LogP contribution in [-0.2, 0) is 21.2 Å². The Morgan fingerprint density at radius 1 is 1.32 bits per heavy atom. The smallest absolute Gasteiger partial charge is 0.214 e. The lowest BCUT2D eigenvalue weighted by atomic mass is 9.74. The second kappa shape index (κ2) is 6.64. The number of nitrogens with zero attached hydrogens (tertiary/aromatic N) is 1. The van der Waals surface area contributed by atoms with Crippen LogP contribution in [0.2, 0.25) is 0 Å². The summed E-state index contributed by atoms with van der Waals surface area (Å²) < 4.78 is 33.2. The van der Waals surface area contributed by atoms with E-state index in [0.717, 1.165) is 37.7 Å². The molecule has 1 saturated carbocycles. The third kappa shape index (κ3) is 4.06. The summed E-state index contributed by atoms with van der Waals surface area (Å²) in [5, 5.41) is 0. The molecule has 22 heavy (non-hydrogen) atoms. The van der Waals surface area contributed by atoms with Gasteiger partial charge in [-0.05, 0) is 56.6 Å². The molecule has 1 spiro atoms. The average molecular weight is 324 g/mol. The Morgan fingerprint density at radius 2 is 2.14 bits per heavy atom. The normalized spacial score (nSPS) is 24.1.